The minimum atomic E-state index is -3.36. The van der Waals surface area contributed by atoms with Crippen molar-refractivity contribution in [2.75, 3.05) is 20.2 Å². The smallest absolute Gasteiger partial charge is 0.252 e. The van der Waals surface area contributed by atoms with E-state index in [1.807, 2.05) is 6.07 Å². The van der Waals surface area contributed by atoms with E-state index in [1.54, 1.807) is 17.5 Å². The Hall–Kier alpha value is -0.470. The summed E-state index contributed by atoms with van der Waals surface area (Å²) in [5.41, 5.74) is 0. The van der Waals surface area contributed by atoms with E-state index in [9.17, 15) is 8.42 Å². The third-order valence-corrected chi connectivity index (χ3v) is 7.47. The molecule has 1 aliphatic heterocycles. The molecule has 1 aliphatic carbocycles. The monoisotopic (exact) mass is 330 g/mol. The molecule has 0 radical (unpaired) electrons. The summed E-state index contributed by atoms with van der Waals surface area (Å²) in [7, 11) is -1.72. The summed E-state index contributed by atoms with van der Waals surface area (Å²) in [4.78, 5) is 1.08. The Morgan fingerprint density at radius 2 is 2.19 bits per heavy atom. The van der Waals surface area contributed by atoms with Gasteiger partial charge in [-0.05, 0) is 37.8 Å². The Labute approximate surface area is 130 Å². The molecule has 1 saturated carbocycles. The van der Waals surface area contributed by atoms with Gasteiger partial charge in [-0.3, -0.25) is 0 Å². The molecule has 2 fully saturated rings. The molecular weight excluding hydrogens is 308 g/mol. The van der Waals surface area contributed by atoms with Crippen molar-refractivity contribution in [3.63, 3.8) is 0 Å². The summed E-state index contributed by atoms with van der Waals surface area (Å²) in [6, 6.07) is 4.29. The molecule has 1 unspecified atom stereocenters. The number of piperidine rings is 1. The van der Waals surface area contributed by atoms with Gasteiger partial charge in [-0.15, -0.1) is 11.3 Å². The van der Waals surface area contributed by atoms with Crippen molar-refractivity contribution in [2.45, 2.75) is 48.6 Å². The van der Waals surface area contributed by atoms with Crippen LogP contribution in [0.15, 0.2) is 16.3 Å². The Balaban J connectivity index is 1.68. The van der Waals surface area contributed by atoms with E-state index in [1.165, 1.54) is 24.2 Å². The number of thiophene rings is 1. The lowest BCUT2D eigenvalue weighted by Crippen LogP contribution is -2.42. The molecule has 2 aliphatic rings. The van der Waals surface area contributed by atoms with E-state index < -0.39 is 10.0 Å². The van der Waals surface area contributed by atoms with Crippen LogP contribution in [0.25, 0.3) is 0 Å². The van der Waals surface area contributed by atoms with Crippen molar-refractivity contribution in [3.05, 3.63) is 17.0 Å². The first-order chi connectivity index (χ1) is 10.1. The average molecular weight is 330 g/mol. The number of methoxy groups -OCH3 is 1. The highest BCUT2D eigenvalue weighted by molar-refractivity contribution is 7.91. The van der Waals surface area contributed by atoms with Gasteiger partial charge >= 0.3 is 0 Å². The Morgan fingerprint density at radius 3 is 2.90 bits per heavy atom. The van der Waals surface area contributed by atoms with Crippen molar-refractivity contribution in [3.8, 4) is 0 Å². The second kappa shape index (κ2) is 6.34. The lowest BCUT2D eigenvalue weighted by molar-refractivity contribution is 0.0572. The molecule has 1 aromatic heterocycles. The quantitative estimate of drug-likeness (QED) is 0.864. The van der Waals surface area contributed by atoms with Crippen LogP contribution >= 0.6 is 11.3 Å². The summed E-state index contributed by atoms with van der Waals surface area (Å²) < 4.78 is 32.7. The molecule has 0 bridgehead atoms. The first kappa shape index (κ1) is 15.4. The highest BCUT2D eigenvalue weighted by Crippen LogP contribution is 2.28. The molecule has 5 nitrogen and oxygen atoms in total. The van der Waals surface area contributed by atoms with Crippen LogP contribution in [-0.4, -0.2) is 45.1 Å². The first-order valence-corrected chi connectivity index (χ1v) is 9.70. The zero-order valence-corrected chi connectivity index (χ0v) is 13.9. The van der Waals surface area contributed by atoms with E-state index in [-0.39, 0.29) is 6.10 Å². The van der Waals surface area contributed by atoms with Crippen LogP contribution in [0.5, 0.6) is 0 Å². The largest absolute Gasteiger partial charge is 0.380 e. The molecule has 0 aromatic carbocycles. The summed E-state index contributed by atoms with van der Waals surface area (Å²) in [5, 5.41) is 3.42. The van der Waals surface area contributed by atoms with Crippen LogP contribution in [0.4, 0.5) is 0 Å². The molecule has 1 aromatic rings. The molecule has 2 heterocycles. The maximum absolute atomic E-state index is 12.7. The molecule has 7 heteroatoms. The van der Waals surface area contributed by atoms with Crippen LogP contribution in [-0.2, 0) is 21.3 Å². The van der Waals surface area contributed by atoms with Crippen molar-refractivity contribution in [1.82, 2.24) is 9.62 Å². The predicted octanol–water partition coefficient (Wildman–Crippen LogP) is 1.80. The van der Waals surface area contributed by atoms with Gasteiger partial charge in [-0.2, -0.15) is 4.31 Å². The number of nitrogens with zero attached hydrogens (tertiary/aromatic N) is 1. The van der Waals surface area contributed by atoms with E-state index in [4.69, 9.17) is 4.74 Å². The van der Waals surface area contributed by atoms with E-state index in [2.05, 4.69) is 5.32 Å². The van der Waals surface area contributed by atoms with Crippen molar-refractivity contribution in [1.29, 1.82) is 0 Å². The van der Waals surface area contributed by atoms with Crippen molar-refractivity contribution in [2.24, 2.45) is 0 Å². The minimum absolute atomic E-state index is 0.0180. The van der Waals surface area contributed by atoms with Crippen LogP contribution in [0.1, 0.15) is 30.6 Å². The molecule has 0 spiro atoms. The maximum Gasteiger partial charge on any atom is 0.252 e. The SMILES string of the molecule is COC1CCCN(S(=O)(=O)c2ccc(CNC3CC3)s2)C1. The molecular formula is C14H22N2O3S2. The fourth-order valence-electron chi connectivity index (χ4n) is 2.57. The van der Waals surface area contributed by atoms with Crippen LogP contribution in [0, 0.1) is 0 Å². The third kappa shape index (κ3) is 3.65. The first-order valence-electron chi connectivity index (χ1n) is 7.44. The summed E-state index contributed by atoms with van der Waals surface area (Å²) in [6.07, 6.45) is 4.29. The fourth-order valence-corrected chi connectivity index (χ4v) is 5.54. The van der Waals surface area contributed by atoms with Gasteiger partial charge in [0.1, 0.15) is 4.21 Å². The lowest BCUT2D eigenvalue weighted by atomic mass is 10.1. The highest BCUT2D eigenvalue weighted by Gasteiger charge is 2.31. The lowest BCUT2D eigenvalue weighted by Gasteiger charge is -2.30. The Kier molecular flexibility index (Phi) is 4.66. The number of nitrogens with one attached hydrogen (secondary N) is 1. The van der Waals surface area contributed by atoms with E-state index in [0.717, 1.165) is 24.3 Å². The van der Waals surface area contributed by atoms with E-state index in [0.29, 0.717) is 23.3 Å². The summed E-state index contributed by atoms with van der Waals surface area (Å²) in [6.45, 7) is 1.83. The molecule has 21 heavy (non-hydrogen) atoms. The number of rotatable bonds is 6. The van der Waals surface area contributed by atoms with Crippen molar-refractivity contribution < 1.29 is 13.2 Å². The molecule has 1 saturated heterocycles. The maximum atomic E-state index is 12.7. The van der Waals surface area contributed by atoms with E-state index >= 15 is 0 Å². The number of ether oxygens (including phenoxy) is 1. The normalized spacial score (nSPS) is 24.3. The molecule has 3 rings (SSSR count). The molecule has 118 valence electrons. The van der Waals surface area contributed by atoms with Crippen LogP contribution < -0.4 is 5.32 Å². The van der Waals surface area contributed by atoms with Gasteiger partial charge in [-0.25, -0.2) is 8.42 Å². The topological polar surface area (TPSA) is 58.6 Å². The zero-order chi connectivity index (χ0) is 14.9. The number of hydrogen-bond acceptors (Lipinski definition) is 5. The minimum Gasteiger partial charge on any atom is -0.380 e. The second-order valence-electron chi connectivity index (χ2n) is 5.74. The highest BCUT2D eigenvalue weighted by atomic mass is 32.2. The van der Waals surface area contributed by atoms with Gasteiger partial charge in [0.05, 0.1) is 6.10 Å². The predicted molar refractivity (Wildman–Crippen MR) is 83.0 cm³/mol. The average Bonchev–Trinajstić information content (AvgIpc) is 3.21. The summed E-state index contributed by atoms with van der Waals surface area (Å²) in [5.74, 6) is 0. The molecule has 0 amide bonds. The van der Waals surface area contributed by atoms with Gasteiger partial charge in [-0.1, -0.05) is 0 Å². The Bertz CT molecular complexity index is 581. The fraction of sp³-hybridized carbons (Fsp3) is 0.714. The van der Waals surface area contributed by atoms with Gasteiger partial charge < -0.3 is 10.1 Å². The van der Waals surface area contributed by atoms with Gasteiger partial charge in [0.25, 0.3) is 10.0 Å². The van der Waals surface area contributed by atoms with Gasteiger partial charge in [0, 0.05) is 37.7 Å². The number of hydrogen-bond donors (Lipinski definition) is 1. The summed E-state index contributed by atoms with van der Waals surface area (Å²) >= 11 is 1.38. The number of sulfonamides is 1. The van der Waals surface area contributed by atoms with Gasteiger partial charge in [0.15, 0.2) is 0 Å². The second-order valence-corrected chi connectivity index (χ2v) is 9.07. The van der Waals surface area contributed by atoms with Crippen LogP contribution in [0.2, 0.25) is 0 Å². The van der Waals surface area contributed by atoms with Crippen LogP contribution in [0.3, 0.4) is 0 Å². The third-order valence-electron chi connectivity index (χ3n) is 4.05. The van der Waals surface area contributed by atoms with Gasteiger partial charge in [0.2, 0.25) is 0 Å². The zero-order valence-electron chi connectivity index (χ0n) is 12.2. The molecule has 1 atom stereocenters. The van der Waals surface area contributed by atoms with Crippen molar-refractivity contribution >= 4 is 21.4 Å². The molecule has 1 N–H and O–H groups in total. The standard InChI is InChI=1S/C14H22N2O3S2/c1-19-12-3-2-8-16(10-12)21(17,18)14-7-6-13(20-14)9-15-11-4-5-11/h6-7,11-12,15H,2-5,8-10H2,1H3. The Morgan fingerprint density at radius 1 is 1.38 bits per heavy atom.